The summed E-state index contributed by atoms with van der Waals surface area (Å²) in [5, 5.41) is 0.760. The lowest BCUT2D eigenvalue weighted by atomic mass is 10.2. The minimum atomic E-state index is -3.82. The van der Waals surface area contributed by atoms with Gasteiger partial charge in [-0.15, -0.1) is 0 Å². The van der Waals surface area contributed by atoms with Crippen LogP contribution in [0.3, 0.4) is 0 Å². The van der Waals surface area contributed by atoms with Crippen molar-refractivity contribution in [2.24, 2.45) is 5.73 Å². The van der Waals surface area contributed by atoms with Crippen LogP contribution in [-0.2, 0) is 9.09 Å². The van der Waals surface area contributed by atoms with E-state index in [1.807, 2.05) is 13.0 Å². The Morgan fingerprint density at radius 1 is 1.28 bits per heavy atom. The number of nitrogens with two attached hydrogens (primary N) is 1. The summed E-state index contributed by atoms with van der Waals surface area (Å²) in [6, 6.07) is 8.88. The molecule has 1 unspecified atom stereocenters. The topological polar surface area (TPSA) is 85.2 Å². The van der Waals surface area contributed by atoms with Gasteiger partial charge in [-0.25, -0.2) is 4.39 Å². The van der Waals surface area contributed by atoms with Gasteiger partial charge >= 0.3 is 0 Å². The quantitative estimate of drug-likeness (QED) is 0.681. The smallest absolute Gasteiger partial charge is 0.266 e. The molecular weight excluding hydrogens is 366 g/mol. The van der Waals surface area contributed by atoms with E-state index in [0.717, 1.165) is 17.7 Å². The summed E-state index contributed by atoms with van der Waals surface area (Å²) in [5.74, 6) is -1.44. The van der Waals surface area contributed by atoms with Crippen molar-refractivity contribution in [3.05, 3.63) is 58.5 Å². The molecule has 0 radical (unpaired) electrons. The second-order valence-electron chi connectivity index (χ2n) is 5.62. The predicted molar refractivity (Wildman–Crippen MR) is 96.8 cm³/mol. The Hall–Kier alpha value is -2.14. The summed E-state index contributed by atoms with van der Waals surface area (Å²) in [5.41, 5.74) is 6.89. The van der Waals surface area contributed by atoms with Gasteiger partial charge in [-0.05, 0) is 37.3 Å². The van der Waals surface area contributed by atoms with Gasteiger partial charge in [0.25, 0.3) is 13.3 Å². The maximum absolute atomic E-state index is 13.8. The molecule has 5 nitrogen and oxygen atoms in total. The number of fused-ring (bicyclic) bond motifs is 1. The van der Waals surface area contributed by atoms with Crippen LogP contribution in [0, 0.1) is 12.7 Å². The molecule has 25 heavy (non-hydrogen) atoms. The molecule has 0 aliphatic carbocycles. The van der Waals surface area contributed by atoms with Crippen LogP contribution in [0.1, 0.15) is 16.1 Å². The maximum atomic E-state index is 13.8. The van der Waals surface area contributed by atoms with Gasteiger partial charge in [-0.3, -0.25) is 9.36 Å². The van der Waals surface area contributed by atoms with Crippen molar-refractivity contribution < 1.29 is 18.3 Å². The number of aromatic amines is 1. The number of aromatic nitrogens is 1. The van der Waals surface area contributed by atoms with Crippen molar-refractivity contribution in [3.8, 4) is 0 Å². The molecule has 1 amide bonds. The van der Waals surface area contributed by atoms with E-state index < -0.39 is 19.1 Å². The second-order valence-corrected chi connectivity index (χ2v) is 8.49. The van der Waals surface area contributed by atoms with Crippen molar-refractivity contribution in [2.45, 2.75) is 6.92 Å². The third kappa shape index (κ3) is 2.97. The fourth-order valence-corrected chi connectivity index (χ4v) is 5.33. The van der Waals surface area contributed by atoms with Crippen LogP contribution in [0.15, 0.2) is 36.4 Å². The molecule has 1 aromatic heterocycles. The second kappa shape index (κ2) is 6.30. The van der Waals surface area contributed by atoms with E-state index in [9.17, 15) is 13.8 Å². The Bertz CT molecular complexity index is 1030. The predicted octanol–water partition coefficient (Wildman–Crippen LogP) is 3.24. The Labute approximate surface area is 148 Å². The van der Waals surface area contributed by atoms with Gasteiger partial charge < -0.3 is 15.2 Å². The average Bonchev–Trinajstić information content (AvgIpc) is 2.92. The highest BCUT2D eigenvalue weighted by molar-refractivity contribution is 7.75. The number of benzene rings is 2. The van der Waals surface area contributed by atoms with Crippen molar-refractivity contribution >= 4 is 46.4 Å². The van der Waals surface area contributed by atoms with Gasteiger partial charge in [0.1, 0.15) is 11.5 Å². The van der Waals surface area contributed by atoms with E-state index in [0.29, 0.717) is 10.9 Å². The molecule has 0 aliphatic rings. The van der Waals surface area contributed by atoms with E-state index >= 15 is 0 Å². The monoisotopic (exact) mass is 380 g/mol. The Kier molecular flexibility index (Phi) is 4.45. The Morgan fingerprint density at radius 2 is 2.00 bits per heavy atom. The fraction of sp³-hybridized carbons (Fsp3) is 0.118. The largest absolute Gasteiger partial charge is 0.364 e. The van der Waals surface area contributed by atoms with Gasteiger partial charge in [-0.2, -0.15) is 0 Å². The zero-order valence-electron chi connectivity index (χ0n) is 13.5. The number of rotatable bonds is 4. The molecule has 0 saturated heterocycles. The molecule has 3 aromatic rings. The number of aryl methyl sites for hydroxylation is 1. The number of primary amides is 1. The Morgan fingerprint density at radius 3 is 2.60 bits per heavy atom. The number of H-pyrrole nitrogens is 1. The van der Waals surface area contributed by atoms with E-state index in [1.54, 1.807) is 12.1 Å². The number of hydrogen-bond acceptors (Lipinski definition) is 3. The molecule has 3 N–H and O–H groups in total. The lowest BCUT2D eigenvalue weighted by Gasteiger charge is -2.18. The highest BCUT2D eigenvalue weighted by atomic mass is 35.5. The van der Waals surface area contributed by atoms with Crippen LogP contribution >= 0.6 is 19.0 Å². The molecule has 8 heteroatoms. The molecular formula is C17H15ClFN2O3P. The van der Waals surface area contributed by atoms with Gasteiger partial charge in [0.05, 0.1) is 5.30 Å². The van der Waals surface area contributed by atoms with Crippen molar-refractivity contribution in [2.75, 3.05) is 7.11 Å². The molecule has 3 rings (SSSR count). The number of amides is 1. The molecule has 130 valence electrons. The van der Waals surface area contributed by atoms with E-state index in [1.165, 1.54) is 13.2 Å². The van der Waals surface area contributed by atoms with Crippen LogP contribution in [0.25, 0.3) is 10.9 Å². The van der Waals surface area contributed by atoms with Crippen molar-refractivity contribution in [3.63, 3.8) is 0 Å². The van der Waals surface area contributed by atoms with Crippen LogP contribution in [-0.4, -0.2) is 18.0 Å². The standard InChI is InChI=1S/C17H15ClFN2O3P/c1-9-3-4-14-13(5-9)16(15(21-14)17(20)22)25(23,24-2)12-7-10(18)6-11(19)8-12/h3-8,21H,1-2H3,(H2,20,22). The summed E-state index contributed by atoms with van der Waals surface area (Å²) >= 11 is 5.90. The number of nitrogens with one attached hydrogen (secondary N) is 1. The normalized spacial score (nSPS) is 13.8. The molecule has 0 fully saturated rings. The molecule has 2 aromatic carbocycles. The molecule has 0 aliphatic heterocycles. The van der Waals surface area contributed by atoms with Crippen LogP contribution in [0.4, 0.5) is 4.39 Å². The minimum Gasteiger partial charge on any atom is -0.364 e. The third-order valence-corrected chi connectivity index (χ3v) is 6.64. The summed E-state index contributed by atoms with van der Waals surface area (Å²) < 4.78 is 32.9. The fourth-order valence-electron chi connectivity index (χ4n) is 2.81. The third-order valence-electron chi connectivity index (χ3n) is 3.91. The molecule has 0 spiro atoms. The highest BCUT2D eigenvalue weighted by Gasteiger charge is 2.36. The first-order chi connectivity index (χ1) is 11.8. The maximum Gasteiger partial charge on any atom is 0.266 e. The first-order valence-electron chi connectivity index (χ1n) is 7.31. The molecule has 1 atom stereocenters. The summed E-state index contributed by atoms with van der Waals surface area (Å²) in [7, 11) is -2.59. The van der Waals surface area contributed by atoms with E-state index in [-0.39, 0.29) is 21.3 Å². The van der Waals surface area contributed by atoms with E-state index in [2.05, 4.69) is 4.98 Å². The number of carbonyl (C=O) groups is 1. The number of hydrogen-bond donors (Lipinski definition) is 2. The number of halogens is 2. The van der Waals surface area contributed by atoms with Gasteiger partial charge in [0.15, 0.2) is 0 Å². The summed E-state index contributed by atoms with van der Waals surface area (Å²) in [6.45, 7) is 1.86. The van der Waals surface area contributed by atoms with Gasteiger partial charge in [0.2, 0.25) is 0 Å². The minimum absolute atomic E-state index is 0.0360. The SMILES string of the molecule is COP(=O)(c1cc(F)cc(Cl)c1)c1c(C(N)=O)[nH]c2ccc(C)cc12. The van der Waals surface area contributed by atoms with Crippen molar-refractivity contribution in [1.82, 2.24) is 4.98 Å². The van der Waals surface area contributed by atoms with Crippen molar-refractivity contribution in [1.29, 1.82) is 0 Å². The summed E-state index contributed by atoms with van der Waals surface area (Å²) in [4.78, 5) is 14.8. The first kappa shape index (κ1) is 17.7. The highest BCUT2D eigenvalue weighted by Crippen LogP contribution is 2.47. The molecule has 1 heterocycles. The van der Waals surface area contributed by atoms with Gasteiger partial charge in [0, 0.05) is 28.3 Å². The number of carbonyl (C=O) groups excluding carboxylic acids is 1. The lowest BCUT2D eigenvalue weighted by molar-refractivity contribution is 0.0997. The van der Waals surface area contributed by atoms with E-state index in [4.69, 9.17) is 21.9 Å². The average molecular weight is 381 g/mol. The Balaban J connectivity index is 2.42. The zero-order valence-corrected chi connectivity index (χ0v) is 15.1. The van der Waals surface area contributed by atoms with Crippen LogP contribution < -0.4 is 16.3 Å². The lowest BCUT2D eigenvalue weighted by Crippen LogP contribution is -2.26. The molecule has 0 bridgehead atoms. The van der Waals surface area contributed by atoms with Gasteiger partial charge in [-0.1, -0.05) is 23.2 Å². The van der Waals surface area contributed by atoms with Crippen LogP contribution in [0.2, 0.25) is 5.02 Å². The molecule has 0 saturated carbocycles. The summed E-state index contributed by atoms with van der Waals surface area (Å²) in [6.07, 6.45) is 0. The zero-order chi connectivity index (χ0) is 18.4. The van der Waals surface area contributed by atoms with Crippen LogP contribution in [0.5, 0.6) is 0 Å². The first-order valence-corrected chi connectivity index (χ1v) is 9.31.